The maximum absolute atomic E-state index is 13.1. The molecule has 3 rings (SSSR count). The second-order valence-electron chi connectivity index (χ2n) is 6.86. The molecule has 3 aromatic rings. The van der Waals surface area contributed by atoms with E-state index in [9.17, 15) is 4.79 Å². The van der Waals surface area contributed by atoms with E-state index in [0.29, 0.717) is 16.3 Å². The summed E-state index contributed by atoms with van der Waals surface area (Å²) in [4.78, 5) is 19.4. The number of carbonyl (C=O) groups is 1. The molecule has 1 atom stereocenters. The van der Waals surface area contributed by atoms with Crippen molar-refractivity contribution in [1.82, 2.24) is 19.7 Å². The summed E-state index contributed by atoms with van der Waals surface area (Å²) in [5.41, 5.74) is 3.10. The van der Waals surface area contributed by atoms with Crippen molar-refractivity contribution in [1.29, 1.82) is 0 Å². The van der Waals surface area contributed by atoms with Crippen molar-refractivity contribution in [3.05, 3.63) is 58.4 Å². The molecule has 0 aliphatic heterocycles. The third kappa shape index (κ3) is 3.31. The molecule has 2 aromatic heterocycles. The molecule has 0 saturated heterocycles. The van der Waals surface area contributed by atoms with Crippen molar-refractivity contribution in [2.45, 2.75) is 39.8 Å². The number of rotatable bonds is 4. The molecule has 0 saturated carbocycles. The van der Waals surface area contributed by atoms with Gasteiger partial charge < -0.3 is 4.90 Å². The highest BCUT2D eigenvalue weighted by Gasteiger charge is 2.22. The standard InChI is InChI=1S/C20H23ClN4O/c1-12(2)25-19-16(11-22-25)10-18(13(3)23-19)20(26)24(5)14(4)15-7-6-8-17(21)9-15/h6-12,14H,1-5H3. The number of fused-ring (bicyclic) bond motifs is 1. The number of benzene rings is 1. The van der Waals surface area contributed by atoms with Crippen LogP contribution in [0.25, 0.3) is 11.0 Å². The summed E-state index contributed by atoms with van der Waals surface area (Å²) in [7, 11) is 1.80. The lowest BCUT2D eigenvalue weighted by molar-refractivity contribution is 0.0741. The molecular weight excluding hydrogens is 348 g/mol. The van der Waals surface area contributed by atoms with E-state index < -0.39 is 0 Å². The average Bonchev–Trinajstić information content (AvgIpc) is 3.02. The number of hydrogen-bond donors (Lipinski definition) is 0. The molecule has 0 aliphatic carbocycles. The Bertz CT molecular complexity index is 964. The Balaban J connectivity index is 1.95. The van der Waals surface area contributed by atoms with Crippen LogP contribution in [0.5, 0.6) is 0 Å². The molecule has 1 aromatic carbocycles. The molecule has 1 unspecified atom stereocenters. The molecule has 2 heterocycles. The first-order valence-corrected chi connectivity index (χ1v) is 9.05. The summed E-state index contributed by atoms with van der Waals surface area (Å²) in [5, 5.41) is 5.92. The van der Waals surface area contributed by atoms with E-state index in [1.54, 1.807) is 18.1 Å². The molecule has 6 heteroatoms. The highest BCUT2D eigenvalue weighted by Crippen LogP contribution is 2.25. The molecule has 1 amide bonds. The Kier molecular flexibility index (Phi) is 5.01. The van der Waals surface area contributed by atoms with Gasteiger partial charge in [-0.25, -0.2) is 9.67 Å². The fraction of sp³-hybridized carbons (Fsp3) is 0.350. The number of halogens is 1. The van der Waals surface area contributed by atoms with Gasteiger partial charge in [-0.05, 0) is 51.5 Å². The molecule has 0 radical (unpaired) electrons. The monoisotopic (exact) mass is 370 g/mol. The Hall–Kier alpha value is -2.40. The minimum atomic E-state index is -0.102. The van der Waals surface area contributed by atoms with Gasteiger partial charge in [-0.15, -0.1) is 0 Å². The zero-order valence-electron chi connectivity index (χ0n) is 15.7. The number of carbonyl (C=O) groups excluding carboxylic acids is 1. The first-order chi connectivity index (χ1) is 12.3. The highest BCUT2D eigenvalue weighted by atomic mass is 35.5. The lowest BCUT2D eigenvalue weighted by Gasteiger charge is -2.26. The van der Waals surface area contributed by atoms with Gasteiger partial charge in [0, 0.05) is 23.5 Å². The minimum absolute atomic E-state index is 0.0679. The van der Waals surface area contributed by atoms with E-state index in [2.05, 4.69) is 23.9 Å². The summed E-state index contributed by atoms with van der Waals surface area (Å²) in [6.45, 7) is 7.97. The smallest absolute Gasteiger partial charge is 0.255 e. The predicted octanol–water partition coefficient (Wildman–Crippen LogP) is 4.81. The maximum atomic E-state index is 13.1. The van der Waals surface area contributed by atoms with Crippen molar-refractivity contribution in [3.63, 3.8) is 0 Å². The summed E-state index contributed by atoms with van der Waals surface area (Å²) < 4.78 is 1.87. The van der Waals surface area contributed by atoms with Crippen LogP contribution < -0.4 is 0 Å². The van der Waals surface area contributed by atoms with Gasteiger partial charge in [-0.3, -0.25) is 4.79 Å². The number of pyridine rings is 1. The summed E-state index contributed by atoms with van der Waals surface area (Å²) in [6.07, 6.45) is 1.76. The second kappa shape index (κ2) is 7.08. The fourth-order valence-electron chi connectivity index (χ4n) is 3.02. The van der Waals surface area contributed by atoms with Crippen molar-refractivity contribution in [3.8, 4) is 0 Å². The summed E-state index contributed by atoms with van der Waals surface area (Å²) in [6, 6.07) is 9.58. The first-order valence-electron chi connectivity index (χ1n) is 8.67. The lowest BCUT2D eigenvalue weighted by Crippen LogP contribution is -2.30. The van der Waals surface area contributed by atoms with Crippen LogP contribution in [0.2, 0.25) is 5.02 Å². The highest BCUT2D eigenvalue weighted by molar-refractivity contribution is 6.30. The zero-order valence-corrected chi connectivity index (χ0v) is 16.4. The van der Waals surface area contributed by atoms with E-state index in [1.807, 2.05) is 48.9 Å². The average molecular weight is 371 g/mol. The van der Waals surface area contributed by atoms with E-state index in [0.717, 1.165) is 16.6 Å². The third-order valence-electron chi connectivity index (χ3n) is 4.71. The van der Waals surface area contributed by atoms with Crippen LogP contribution in [-0.2, 0) is 0 Å². The van der Waals surface area contributed by atoms with Gasteiger partial charge in [-0.2, -0.15) is 5.10 Å². The number of nitrogens with zero attached hydrogens (tertiary/aromatic N) is 4. The molecular formula is C20H23ClN4O. The van der Waals surface area contributed by atoms with Crippen LogP contribution in [0.15, 0.2) is 36.5 Å². The van der Waals surface area contributed by atoms with Gasteiger partial charge in [0.25, 0.3) is 5.91 Å². The van der Waals surface area contributed by atoms with Crippen LogP contribution in [-0.4, -0.2) is 32.6 Å². The van der Waals surface area contributed by atoms with Gasteiger partial charge in [-0.1, -0.05) is 23.7 Å². The van der Waals surface area contributed by atoms with Crippen LogP contribution >= 0.6 is 11.6 Å². The van der Waals surface area contributed by atoms with E-state index in [1.165, 1.54) is 0 Å². The van der Waals surface area contributed by atoms with Gasteiger partial charge >= 0.3 is 0 Å². The molecule has 0 spiro atoms. The van der Waals surface area contributed by atoms with Gasteiger partial charge in [0.2, 0.25) is 0 Å². The largest absolute Gasteiger partial charge is 0.335 e. The predicted molar refractivity (Wildman–Crippen MR) is 105 cm³/mol. The number of hydrogen-bond acceptors (Lipinski definition) is 3. The molecule has 136 valence electrons. The molecule has 0 bridgehead atoms. The van der Waals surface area contributed by atoms with E-state index >= 15 is 0 Å². The molecule has 0 N–H and O–H groups in total. The van der Waals surface area contributed by atoms with Crippen LogP contribution in [0, 0.1) is 6.92 Å². The first kappa shape index (κ1) is 18.4. The molecule has 0 aliphatic rings. The topological polar surface area (TPSA) is 51.0 Å². The number of amides is 1. The van der Waals surface area contributed by atoms with Gasteiger partial charge in [0.05, 0.1) is 23.5 Å². The van der Waals surface area contributed by atoms with Gasteiger partial charge in [0.1, 0.15) is 0 Å². The lowest BCUT2D eigenvalue weighted by atomic mass is 10.1. The van der Waals surface area contributed by atoms with Crippen LogP contribution in [0.1, 0.15) is 54.5 Å². The molecule has 26 heavy (non-hydrogen) atoms. The van der Waals surface area contributed by atoms with Gasteiger partial charge in [0.15, 0.2) is 5.65 Å². The third-order valence-corrected chi connectivity index (χ3v) is 4.95. The molecule has 5 nitrogen and oxygen atoms in total. The quantitative estimate of drug-likeness (QED) is 0.662. The zero-order chi connectivity index (χ0) is 19.0. The van der Waals surface area contributed by atoms with E-state index in [4.69, 9.17) is 11.6 Å². The molecule has 0 fully saturated rings. The number of aromatic nitrogens is 3. The Labute approximate surface area is 158 Å². The second-order valence-corrected chi connectivity index (χ2v) is 7.30. The summed E-state index contributed by atoms with van der Waals surface area (Å²) >= 11 is 6.09. The fourth-order valence-corrected chi connectivity index (χ4v) is 3.21. The SMILES string of the molecule is Cc1nc2c(cnn2C(C)C)cc1C(=O)N(C)C(C)c1cccc(Cl)c1. The van der Waals surface area contributed by atoms with Crippen LogP contribution in [0.3, 0.4) is 0 Å². The van der Waals surface area contributed by atoms with Crippen LogP contribution in [0.4, 0.5) is 0 Å². The Morgan fingerprint density at radius 2 is 1.96 bits per heavy atom. The number of aryl methyl sites for hydroxylation is 1. The van der Waals surface area contributed by atoms with Crippen molar-refractivity contribution >= 4 is 28.5 Å². The Morgan fingerprint density at radius 3 is 2.62 bits per heavy atom. The van der Waals surface area contributed by atoms with Crippen molar-refractivity contribution in [2.75, 3.05) is 7.05 Å². The Morgan fingerprint density at radius 1 is 1.23 bits per heavy atom. The maximum Gasteiger partial charge on any atom is 0.255 e. The summed E-state index contributed by atoms with van der Waals surface area (Å²) in [5.74, 6) is -0.0679. The van der Waals surface area contributed by atoms with Crippen molar-refractivity contribution < 1.29 is 4.79 Å². The normalized spacial score (nSPS) is 12.6. The van der Waals surface area contributed by atoms with E-state index in [-0.39, 0.29) is 18.0 Å². The minimum Gasteiger partial charge on any atom is -0.335 e. The van der Waals surface area contributed by atoms with Crippen molar-refractivity contribution in [2.24, 2.45) is 0 Å².